The zero-order valence-electron chi connectivity index (χ0n) is 17.2. The van der Waals surface area contributed by atoms with Crippen LogP contribution < -0.4 is 5.32 Å². The summed E-state index contributed by atoms with van der Waals surface area (Å²) in [6.07, 6.45) is 2.56. The van der Waals surface area contributed by atoms with E-state index in [1.807, 2.05) is 18.2 Å². The number of benzene rings is 2. The summed E-state index contributed by atoms with van der Waals surface area (Å²) < 4.78 is 0. The summed E-state index contributed by atoms with van der Waals surface area (Å²) in [5.74, 6) is 0.774. The minimum absolute atomic E-state index is 0.632. The highest BCUT2D eigenvalue weighted by molar-refractivity contribution is 5.96. The van der Waals surface area contributed by atoms with Crippen LogP contribution in [-0.4, -0.2) is 46.8 Å². The molecule has 1 fully saturated rings. The molecule has 4 aromatic rings. The number of piperidine rings is 1. The molecule has 0 atom stereocenters. The second-order valence-corrected chi connectivity index (χ2v) is 8.38. The van der Waals surface area contributed by atoms with Crippen LogP contribution >= 0.6 is 0 Å². The first-order valence-corrected chi connectivity index (χ1v) is 10.6. The maximum Gasteiger partial charge on any atom is 0.116 e. The highest BCUT2D eigenvalue weighted by Crippen LogP contribution is 2.30. The predicted octanol–water partition coefficient (Wildman–Crippen LogP) is 4.01. The summed E-state index contributed by atoms with van der Waals surface area (Å²) >= 11 is 0. The molecular formula is C24H26N6. The SMILES string of the molecule is CN1CCC(CNCc2cccc3[nH]c(-c4n[nH]c5cc(C#N)ccc45)cc23)CC1. The van der Waals surface area contributed by atoms with Gasteiger partial charge in [-0.05, 0) is 81.3 Å². The lowest BCUT2D eigenvalue weighted by atomic mass is 9.97. The van der Waals surface area contributed by atoms with Crippen LogP contribution in [0.1, 0.15) is 24.0 Å². The summed E-state index contributed by atoms with van der Waals surface area (Å²) in [6, 6.07) is 16.4. The van der Waals surface area contributed by atoms with Crippen LogP contribution in [0.25, 0.3) is 33.2 Å². The molecule has 5 rings (SSSR count). The smallest absolute Gasteiger partial charge is 0.116 e. The van der Waals surface area contributed by atoms with Crippen molar-refractivity contribution in [3.63, 3.8) is 0 Å². The molecule has 0 amide bonds. The van der Waals surface area contributed by atoms with E-state index in [9.17, 15) is 0 Å². The quantitative estimate of drug-likeness (QED) is 0.474. The fourth-order valence-electron chi connectivity index (χ4n) is 4.47. The number of nitriles is 1. The molecule has 1 aliphatic heterocycles. The maximum atomic E-state index is 9.11. The van der Waals surface area contributed by atoms with Gasteiger partial charge in [0.25, 0.3) is 0 Å². The van der Waals surface area contributed by atoms with Crippen LogP contribution in [-0.2, 0) is 6.54 Å². The fourth-order valence-corrected chi connectivity index (χ4v) is 4.47. The Morgan fingerprint density at radius 2 is 2.00 bits per heavy atom. The van der Waals surface area contributed by atoms with Gasteiger partial charge in [-0.1, -0.05) is 12.1 Å². The van der Waals surface area contributed by atoms with Gasteiger partial charge < -0.3 is 15.2 Å². The molecule has 0 spiro atoms. The van der Waals surface area contributed by atoms with Gasteiger partial charge in [-0.15, -0.1) is 0 Å². The van der Waals surface area contributed by atoms with Gasteiger partial charge in [0.05, 0.1) is 22.8 Å². The summed E-state index contributed by atoms with van der Waals surface area (Å²) in [4.78, 5) is 5.94. The molecule has 0 bridgehead atoms. The molecule has 2 aromatic carbocycles. The Kier molecular flexibility index (Phi) is 4.99. The number of likely N-dealkylation sites (tertiary alicyclic amines) is 1. The first kappa shape index (κ1) is 18.9. The van der Waals surface area contributed by atoms with E-state index in [0.717, 1.165) is 46.8 Å². The Hall–Kier alpha value is -3.14. The average Bonchev–Trinajstić information content (AvgIpc) is 3.39. The molecule has 1 aliphatic rings. The molecular weight excluding hydrogens is 372 g/mol. The molecule has 0 saturated carbocycles. The fraction of sp³-hybridized carbons (Fsp3) is 0.333. The van der Waals surface area contributed by atoms with Crippen LogP contribution in [0, 0.1) is 17.2 Å². The normalized spacial score (nSPS) is 15.7. The van der Waals surface area contributed by atoms with Crippen LogP contribution in [0.5, 0.6) is 0 Å². The summed E-state index contributed by atoms with van der Waals surface area (Å²) in [7, 11) is 2.21. The van der Waals surface area contributed by atoms with Gasteiger partial charge in [-0.25, -0.2) is 0 Å². The summed E-state index contributed by atoms with van der Waals surface area (Å²) in [5, 5.41) is 22.6. The second-order valence-electron chi connectivity index (χ2n) is 8.38. The average molecular weight is 399 g/mol. The molecule has 6 nitrogen and oxygen atoms in total. The topological polar surface area (TPSA) is 83.5 Å². The molecule has 30 heavy (non-hydrogen) atoms. The van der Waals surface area contributed by atoms with Crippen LogP contribution in [0.4, 0.5) is 0 Å². The molecule has 2 aromatic heterocycles. The zero-order valence-corrected chi connectivity index (χ0v) is 17.2. The number of aromatic nitrogens is 3. The van der Waals surface area contributed by atoms with Gasteiger partial charge in [-0.3, -0.25) is 5.10 Å². The number of rotatable bonds is 5. The number of nitrogens with zero attached hydrogens (tertiary/aromatic N) is 3. The number of hydrogen-bond donors (Lipinski definition) is 3. The van der Waals surface area contributed by atoms with Crippen molar-refractivity contribution in [2.24, 2.45) is 5.92 Å². The van der Waals surface area contributed by atoms with E-state index >= 15 is 0 Å². The van der Waals surface area contributed by atoms with Crippen molar-refractivity contribution < 1.29 is 0 Å². The van der Waals surface area contributed by atoms with Gasteiger partial charge in [-0.2, -0.15) is 10.4 Å². The van der Waals surface area contributed by atoms with E-state index in [0.29, 0.717) is 5.56 Å². The highest BCUT2D eigenvalue weighted by atomic mass is 15.1. The van der Waals surface area contributed by atoms with E-state index in [1.165, 1.54) is 36.9 Å². The highest BCUT2D eigenvalue weighted by Gasteiger charge is 2.17. The van der Waals surface area contributed by atoms with Gasteiger partial charge in [0.1, 0.15) is 5.69 Å². The van der Waals surface area contributed by atoms with Crippen molar-refractivity contribution >= 4 is 21.8 Å². The minimum atomic E-state index is 0.632. The lowest BCUT2D eigenvalue weighted by Crippen LogP contribution is -2.34. The Morgan fingerprint density at radius 3 is 2.83 bits per heavy atom. The third-order valence-electron chi connectivity index (χ3n) is 6.29. The van der Waals surface area contributed by atoms with Crippen molar-refractivity contribution in [1.82, 2.24) is 25.4 Å². The molecule has 3 heterocycles. The summed E-state index contributed by atoms with van der Waals surface area (Å²) in [6.45, 7) is 4.35. The second kappa shape index (κ2) is 7.94. The number of aromatic amines is 2. The van der Waals surface area contributed by atoms with E-state index in [4.69, 9.17) is 5.26 Å². The van der Waals surface area contributed by atoms with E-state index < -0.39 is 0 Å². The Balaban J connectivity index is 1.37. The van der Waals surface area contributed by atoms with Crippen molar-refractivity contribution in [1.29, 1.82) is 5.26 Å². The van der Waals surface area contributed by atoms with Crippen molar-refractivity contribution in [3.05, 3.63) is 53.6 Å². The third-order valence-corrected chi connectivity index (χ3v) is 6.29. The van der Waals surface area contributed by atoms with Crippen LogP contribution in [0.2, 0.25) is 0 Å². The number of nitrogens with one attached hydrogen (secondary N) is 3. The Morgan fingerprint density at radius 1 is 1.13 bits per heavy atom. The largest absolute Gasteiger partial charge is 0.353 e. The molecule has 0 unspecified atom stereocenters. The standard InChI is InChI=1S/C24H26N6/c1-30-9-7-16(8-10-30)14-26-15-18-3-2-4-21-20(18)12-23(27-21)24-19-6-5-17(13-25)11-22(19)28-29-24/h2-6,11-12,16,26-27H,7-10,14-15H2,1H3,(H,28,29). The van der Waals surface area contributed by atoms with Crippen LogP contribution in [0.3, 0.4) is 0 Å². The van der Waals surface area contributed by atoms with E-state index in [1.54, 1.807) is 0 Å². The minimum Gasteiger partial charge on any atom is -0.353 e. The van der Waals surface area contributed by atoms with Gasteiger partial charge in [0, 0.05) is 22.8 Å². The Bertz CT molecular complexity index is 1220. The summed E-state index contributed by atoms with van der Waals surface area (Å²) in [5.41, 5.74) is 5.80. The molecule has 1 saturated heterocycles. The first-order chi connectivity index (χ1) is 14.7. The van der Waals surface area contributed by atoms with Crippen LogP contribution in [0.15, 0.2) is 42.5 Å². The number of hydrogen-bond acceptors (Lipinski definition) is 4. The molecule has 0 aliphatic carbocycles. The number of fused-ring (bicyclic) bond motifs is 2. The predicted molar refractivity (Wildman–Crippen MR) is 120 cm³/mol. The molecule has 6 heteroatoms. The lowest BCUT2D eigenvalue weighted by Gasteiger charge is -2.29. The number of H-pyrrole nitrogens is 2. The molecule has 3 N–H and O–H groups in total. The van der Waals surface area contributed by atoms with Gasteiger partial charge >= 0.3 is 0 Å². The third kappa shape index (κ3) is 3.58. The Labute approximate surface area is 175 Å². The zero-order chi connectivity index (χ0) is 20.5. The van der Waals surface area contributed by atoms with Gasteiger partial charge in [0.15, 0.2) is 0 Å². The van der Waals surface area contributed by atoms with E-state index in [2.05, 4.69) is 62.8 Å². The van der Waals surface area contributed by atoms with Gasteiger partial charge in [0.2, 0.25) is 0 Å². The van der Waals surface area contributed by atoms with Crippen molar-refractivity contribution in [2.45, 2.75) is 19.4 Å². The monoisotopic (exact) mass is 398 g/mol. The maximum absolute atomic E-state index is 9.11. The molecule has 0 radical (unpaired) electrons. The lowest BCUT2D eigenvalue weighted by molar-refractivity contribution is 0.216. The van der Waals surface area contributed by atoms with Crippen molar-refractivity contribution in [3.8, 4) is 17.5 Å². The van der Waals surface area contributed by atoms with Crippen molar-refractivity contribution in [2.75, 3.05) is 26.7 Å². The van der Waals surface area contributed by atoms with E-state index in [-0.39, 0.29) is 0 Å². The first-order valence-electron chi connectivity index (χ1n) is 10.6. The molecule has 152 valence electrons.